The van der Waals surface area contributed by atoms with Gasteiger partial charge in [0.1, 0.15) is 11.8 Å². The van der Waals surface area contributed by atoms with Gasteiger partial charge in [0, 0.05) is 12.8 Å². The van der Waals surface area contributed by atoms with Gasteiger partial charge in [-0.2, -0.15) is 13.2 Å². The maximum atomic E-state index is 12.6. The first-order valence-electron chi connectivity index (χ1n) is 7.11. The fourth-order valence-corrected chi connectivity index (χ4v) is 2.08. The van der Waals surface area contributed by atoms with Gasteiger partial charge in [-0.1, -0.05) is 0 Å². The topological polar surface area (TPSA) is 80.4 Å². The van der Waals surface area contributed by atoms with E-state index in [2.05, 4.69) is 5.32 Å². The number of carbonyl (C=O) groups excluding carboxylic acids is 1. The maximum Gasteiger partial charge on any atom is 0.417 e. The lowest BCUT2D eigenvalue weighted by Gasteiger charge is -2.16. The number of alkyl halides is 3. The van der Waals surface area contributed by atoms with Crippen LogP contribution in [0.1, 0.15) is 25.3 Å². The zero-order valence-corrected chi connectivity index (χ0v) is 12.4. The first-order valence-corrected chi connectivity index (χ1v) is 7.11. The van der Waals surface area contributed by atoms with Crippen LogP contribution in [0.15, 0.2) is 17.1 Å². The van der Waals surface area contributed by atoms with Crippen LogP contribution in [0, 0.1) is 0 Å². The van der Waals surface area contributed by atoms with Gasteiger partial charge >= 0.3 is 6.18 Å². The van der Waals surface area contributed by atoms with Crippen molar-refractivity contribution < 1.29 is 27.4 Å². The zero-order valence-electron chi connectivity index (χ0n) is 12.4. The molecule has 1 fully saturated rings. The summed E-state index contributed by atoms with van der Waals surface area (Å²) in [6.07, 6.45) is -3.31. The number of rotatable bonds is 5. The smallest absolute Gasteiger partial charge is 0.376 e. The molecule has 0 saturated carbocycles. The van der Waals surface area contributed by atoms with Gasteiger partial charge in [-0.15, -0.1) is 0 Å². The van der Waals surface area contributed by atoms with Crippen LogP contribution in [0.4, 0.5) is 18.9 Å². The Morgan fingerprint density at radius 1 is 1.57 bits per heavy atom. The Kier molecular flexibility index (Phi) is 5.42. The molecule has 6 nitrogen and oxygen atoms in total. The van der Waals surface area contributed by atoms with E-state index in [4.69, 9.17) is 9.47 Å². The Balaban J connectivity index is 1.97. The molecule has 0 unspecified atom stereocenters. The van der Waals surface area contributed by atoms with E-state index in [0.29, 0.717) is 18.9 Å². The van der Waals surface area contributed by atoms with Crippen LogP contribution in [0.2, 0.25) is 0 Å². The molecule has 2 N–H and O–H groups in total. The van der Waals surface area contributed by atoms with Gasteiger partial charge in [-0.3, -0.25) is 9.59 Å². The van der Waals surface area contributed by atoms with E-state index < -0.39 is 35.0 Å². The number of halogens is 3. The Morgan fingerprint density at radius 3 is 2.91 bits per heavy atom. The number of pyridine rings is 1. The van der Waals surface area contributed by atoms with E-state index in [-0.39, 0.29) is 12.7 Å². The molecule has 0 aliphatic carbocycles. The number of carbonyl (C=O) groups is 1. The SMILES string of the molecule is C[C@H](OC[C@@H]1CCCO1)C(=O)Nc1cc(C(F)(F)F)c[nH]c1=O. The number of hydrogen-bond donors (Lipinski definition) is 2. The predicted molar refractivity (Wildman–Crippen MR) is 75.1 cm³/mol. The molecular formula is C14H17F3N2O4. The van der Waals surface area contributed by atoms with E-state index in [0.717, 1.165) is 12.8 Å². The summed E-state index contributed by atoms with van der Waals surface area (Å²) in [5, 5.41) is 2.15. The highest BCUT2D eigenvalue weighted by Gasteiger charge is 2.31. The van der Waals surface area contributed by atoms with Crippen molar-refractivity contribution in [3.63, 3.8) is 0 Å². The molecule has 0 aromatic carbocycles. The van der Waals surface area contributed by atoms with Crippen LogP contribution in [0.3, 0.4) is 0 Å². The fourth-order valence-electron chi connectivity index (χ4n) is 2.08. The quantitative estimate of drug-likeness (QED) is 0.862. The normalized spacial score (nSPS) is 19.6. The fraction of sp³-hybridized carbons (Fsp3) is 0.571. The summed E-state index contributed by atoms with van der Waals surface area (Å²) in [7, 11) is 0. The van der Waals surface area contributed by atoms with Crippen molar-refractivity contribution in [1.82, 2.24) is 4.98 Å². The molecule has 0 radical (unpaired) electrons. The molecule has 128 valence electrons. The van der Waals surface area contributed by atoms with E-state index in [9.17, 15) is 22.8 Å². The lowest BCUT2D eigenvalue weighted by atomic mass is 10.2. The largest absolute Gasteiger partial charge is 0.417 e. The van der Waals surface area contributed by atoms with Crippen LogP contribution < -0.4 is 10.9 Å². The molecule has 0 bridgehead atoms. The number of ether oxygens (including phenoxy) is 2. The molecule has 23 heavy (non-hydrogen) atoms. The number of aromatic nitrogens is 1. The van der Waals surface area contributed by atoms with E-state index in [1.165, 1.54) is 6.92 Å². The average Bonchev–Trinajstić information content (AvgIpc) is 2.99. The minimum Gasteiger partial charge on any atom is -0.376 e. The van der Waals surface area contributed by atoms with Gasteiger partial charge in [0.25, 0.3) is 11.5 Å². The second kappa shape index (κ2) is 7.14. The van der Waals surface area contributed by atoms with Crippen LogP contribution in [0.25, 0.3) is 0 Å². The third kappa shape index (κ3) is 4.80. The van der Waals surface area contributed by atoms with E-state index >= 15 is 0 Å². The Labute approximate surface area is 130 Å². The first kappa shape index (κ1) is 17.5. The highest BCUT2D eigenvalue weighted by molar-refractivity contribution is 5.93. The van der Waals surface area contributed by atoms with Crippen LogP contribution >= 0.6 is 0 Å². The standard InChI is InChI=1S/C14H17F3N2O4/c1-8(23-7-10-3-2-4-22-10)12(20)19-11-5-9(14(15,16)17)6-18-13(11)21/h5-6,8,10H,2-4,7H2,1H3,(H,18,21)(H,19,20)/t8-,10-/m0/s1. The number of H-pyrrole nitrogens is 1. The van der Waals surface area contributed by atoms with Crippen LogP contribution in [-0.2, 0) is 20.4 Å². The van der Waals surface area contributed by atoms with Crippen molar-refractivity contribution in [2.45, 2.75) is 38.1 Å². The van der Waals surface area contributed by atoms with Gasteiger partial charge in [0.2, 0.25) is 0 Å². The van der Waals surface area contributed by atoms with Gasteiger partial charge in [0.05, 0.1) is 18.3 Å². The number of amides is 1. The number of anilines is 1. The van der Waals surface area contributed by atoms with Gasteiger partial charge in [-0.25, -0.2) is 0 Å². The van der Waals surface area contributed by atoms with Crippen molar-refractivity contribution in [3.05, 3.63) is 28.2 Å². The maximum absolute atomic E-state index is 12.6. The minimum atomic E-state index is -4.62. The summed E-state index contributed by atoms with van der Waals surface area (Å²) >= 11 is 0. The molecule has 2 heterocycles. The molecule has 1 aromatic heterocycles. The lowest BCUT2D eigenvalue weighted by Crippen LogP contribution is -2.32. The third-order valence-electron chi connectivity index (χ3n) is 3.41. The van der Waals surface area contributed by atoms with Crippen molar-refractivity contribution in [2.24, 2.45) is 0 Å². The molecule has 0 spiro atoms. The molecule has 1 aliphatic heterocycles. The Morgan fingerprint density at radius 2 is 2.30 bits per heavy atom. The summed E-state index contributed by atoms with van der Waals surface area (Å²) in [5.41, 5.74) is -2.35. The monoisotopic (exact) mass is 334 g/mol. The summed E-state index contributed by atoms with van der Waals surface area (Å²) in [6, 6.07) is 0.587. The number of aromatic amines is 1. The van der Waals surface area contributed by atoms with E-state index in [1.807, 2.05) is 4.98 Å². The second-order valence-corrected chi connectivity index (χ2v) is 5.23. The Hall–Kier alpha value is -1.87. The van der Waals surface area contributed by atoms with Crippen molar-refractivity contribution >= 4 is 11.6 Å². The predicted octanol–water partition coefficient (Wildman–Crippen LogP) is 1.92. The molecule has 2 atom stereocenters. The van der Waals surface area contributed by atoms with Crippen molar-refractivity contribution in [1.29, 1.82) is 0 Å². The van der Waals surface area contributed by atoms with Crippen LogP contribution in [0.5, 0.6) is 0 Å². The first-order chi connectivity index (χ1) is 10.8. The highest BCUT2D eigenvalue weighted by atomic mass is 19.4. The zero-order chi connectivity index (χ0) is 17.0. The summed E-state index contributed by atoms with van der Waals surface area (Å²) < 4.78 is 48.5. The average molecular weight is 334 g/mol. The summed E-state index contributed by atoms with van der Waals surface area (Å²) in [5.74, 6) is -0.701. The minimum absolute atomic E-state index is 0.0813. The Bertz CT molecular complexity index is 609. The van der Waals surface area contributed by atoms with Gasteiger partial charge < -0.3 is 19.8 Å². The van der Waals surface area contributed by atoms with Gasteiger partial charge in [0.15, 0.2) is 0 Å². The van der Waals surface area contributed by atoms with E-state index in [1.54, 1.807) is 0 Å². The number of hydrogen-bond acceptors (Lipinski definition) is 4. The summed E-state index contributed by atoms with van der Waals surface area (Å²) in [4.78, 5) is 25.4. The molecule has 1 amide bonds. The highest BCUT2D eigenvalue weighted by Crippen LogP contribution is 2.29. The molecule has 9 heteroatoms. The summed E-state index contributed by atoms with van der Waals surface area (Å²) in [6.45, 7) is 2.31. The van der Waals surface area contributed by atoms with Crippen molar-refractivity contribution in [2.75, 3.05) is 18.5 Å². The van der Waals surface area contributed by atoms with Crippen molar-refractivity contribution in [3.8, 4) is 0 Å². The molecule has 1 aliphatic rings. The molecular weight excluding hydrogens is 317 g/mol. The second-order valence-electron chi connectivity index (χ2n) is 5.23. The molecule has 1 saturated heterocycles. The lowest BCUT2D eigenvalue weighted by molar-refractivity contribution is -0.138. The molecule has 1 aromatic rings. The molecule has 2 rings (SSSR count). The van der Waals surface area contributed by atoms with Crippen LogP contribution in [-0.4, -0.2) is 36.3 Å². The van der Waals surface area contributed by atoms with Gasteiger partial charge in [-0.05, 0) is 25.8 Å². The third-order valence-corrected chi connectivity index (χ3v) is 3.41. The number of nitrogens with one attached hydrogen (secondary N) is 2.